The molecule has 0 saturated carbocycles. The molecular formula is C10H10Cl2FN5O. The molecule has 0 aliphatic rings. The van der Waals surface area contributed by atoms with Crippen molar-refractivity contribution in [1.82, 2.24) is 20.2 Å². The third-order valence-electron chi connectivity index (χ3n) is 1.95. The van der Waals surface area contributed by atoms with Crippen molar-refractivity contribution in [1.29, 1.82) is 0 Å². The molecule has 0 unspecified atom stereocenters. The summed E-state index contributed by atoms with van der Waals surface area (Å²) in [5, 5.41) is 8.65. The van der Waals surface area contributed by atoms with Crippen molar-refractivity contribution >= 4 is 34.8 Å². The molecule has 0 amide bonds. The SMILES string of the molecule is CC(C)Oc1cc(Nc2nc(Cl)nc(Cl)c2F)[nH]n1. The van der Waals surface area contributed by atoms with Crippen LogP contribution < -0.4 is 10.1 Å². The van der Waals surface area contributed by atoms with E-state index in [1.165, 1.54) is 0 Å². The van der Waals surface area contributed by atoms with E-state index in [0.29, 0.717) is 11.7 Å². The summed E-state index contributed by atoms with van der Waals surface area (Å²) >= 11 is 11.2. The molecule has 0 radical (unpaired) electrons. The summed E-state index contributed by atoms with van der Waals surface area (Å²) in [6.45, 7) is 3.73. The van der Waals surface area contributed by atoms with E-state index in [1.54, 1.807) is 6.07 Å². The topological polar surface area (TPSA) is 75.7 Å². The van der Waals surface area contributed by atoms with Crippen LogP contribution in [0.2, 0.25) is 10.4 Å². The van der Waals surface area contributed by atoms with Crippen LogP contribution in [0.1, 0.15) is 13.8 Å². The van der Waals surface area contributed by atoms with Crippen molar-refractivity contribution in [3.63, 3.8) is 0 Å². The van der Waals surface area contributed by atoms with Gasteiger partial charge in [0.1, 0.15) is 5.82 Å². The Balaban J connectivity index is 2.19. The summed E-state index contributed by atoms with van der Waals surface area (Å²) in [5.41, 5.74) is 0. The fourth-order valence-electron chi connectivity index (χ4n) is 1.27. The number of nitrogens with one attached hydrogen (secondary N) is 2. The number of nitrogens with zero attached hydrogens (tertiary/aromatic N) is 3. The molecule has 0 aliphatic heterocycles. The molecule has 102 valence electrons. The standard InChI is InChI=1S/C10H10Cl2FN5O/c1-4(2)19-6-3-5(17-18-6)14-9-7(13)8(11)15-10(12)16-9/h3-4H,1-2H3,(H2,14,15,16,17,18). The second kappa shape index (κ2) is 5.58. The van der Waals surface area contributed by atoms with Gasteiger partial charge in [0, 0.05) is 6.07 Å². The van der Waals surface area contributed by atoms with Gasteiger partial charge < -0.3 is 10.1 Å². The minimum Gasteiger partial charge on any atom is -0.474 e. The fraction of sp³-hybridized carbons (Fsp3) is 0.300. The number of H-pyrrole nitrogens is 1. The van der Waals surface area contributed by atoms with Crippen LogP contribution in [0, 0.1) is 5.82 Å². The number of rotatable bonds is 4. The van der Waals surface area contributed by atoms with Gasteiger partial charge in [-0.3, -0.25) is 5.10 Å². The lowest BCUT2D eigenvalue weighted by atomic mass is 10.5. The van der Waals surface area contributed by atoms with E-state index in [9.17, 15) is 4.39 Å². The summed E-state index contributed by atoms with van der Waals surface area (Å²) in [6.07, 6.45) is -0.0178. The molecule has 0 aromatic carbocycles. The largest absolute Gasteiger partial charge is 0.474 e. The first-order chi connectivity index (χ1) is 8.95. The minimum absolute atomic E-state index is 0.0178. The van der Waals surface area contributed by atoms with Crippen LogP contribution in [0.15, 0.2) is 6.07 Å². The Kier molecular flexibility index (Phi) is 4.06. The number of ether oxygens (including phenoxy) is 1. The molecular weight excluding hydrogens is 296 g/mol. The van der Waals surface area contributed by atoms with Crippen LogP contribution in [0.5, 0.6) is 5.88 Å². The van der Waals surface area contributed by atoms with Gasteiger partial charge in [0.25, 0.3) is 0 Å². The lowest BCUT2D eigenvalue weighted by molar-refractivity contribution is 0.232. The van der Waals surface area contributed by atoms with Crippen molar-refractivity contribution in [3.8, 4) is 5.88 Å². The first-order valence-electron chi connectivity index (χ1n) is 5.33. The van der Waals surface area contributed by atoms with Gasteiger partial charge in [0.2, 0.25) is 17.0 Å². The monoisotopic (exact) mass is 305 g/mol. The average molecular weight is 306 g/mol. The summed E-state index contributed by atoms with van der Waals surface area (Å²) in [6, 6.07) is 1.56. The Morgan fingerprint density at radius 1 is 1.37 bits per heavy atom. The molecule has 2 aromatic rings. The smallest absolute Gasteiger partial charge is 0.234 e. The van der Waals surface area contributed by atoms with Crippen LogP contribution in [-0.2, 0) is 0 Å². The van der Waals surface area contributed by atoms with Gasteiger partial charge in [-0.05, 0) is 25.4 Å². The summed E-state index contributed by atoms with van der Waals surface area (Å²) in [4.78, 5) is 7.17. The van der Waals surface area contributed by atoms with Crippen LogP contribution in [-0.4, -0.2) is 26.3 Å². The molecule has 0 spiro atoms. The molecule has 0 aliphatic carbocycles. The molecule has 2 rings (SSSR count). The third-order valence-corrected chi connectivity index (χ3v) is 2.37. The Morgan fingerprint density at radius 3 is 2.79 bits per heavy atom. The molecule has 2 N–H and O–H groups in total. The fourth-order valence-corrected chi connectivity index (χ4v) is 1.66. The number of halogens is 3. The molecule has 0 bridgehead atoms. The zero-order valence-electron chi connectivity index (χ0n) is 10.0. The number of hydrogen-bond acceptors (Lipinski definition) is 5. The first kappa shape index (κ1) is 13.8. The summed E-state index contributed by atoms with van der Waals surface area (Å²) in [7, 11) is 0. The van der Waals surface area contributed by atoms with Crippen molar-refractivity contribution in [2.24, 2.45) is 0 Å². The highest BCUT2D eigenvalue weighted by molar-refractivity contribution is 6.32. The highest BCUT2D eigenvalue weighted by Crippen LogP contribution is 2.24. The Hall–Kier alpha value is -1.60. The zero-order valence-corrected chi connectivity index (χ0v) is 11.6. The quantitative estimate of drug-likeness (QED) is 0.670. The van der Waals surface area contributed by atoms with E-state index in [0.717, 1.165) is 0 Å². The number of aromatic nitrogens is 4. The zero-order chi connectivity index (χ0) is 14.0. The second-order valence-corrected chi connectivity index (χ2v) is 4.55. The van der Waals surface area contributed by atoms with E-state index >= 15 is 0 Å². The molecule has 0 atom stereocenters. The predicted octanol–water partition coefficient (Wildman–Crippen LogP) is 3.18. The predicted molar refractivity (Wildman–Crippen MR) is 69.6 cm³/mol. The van der Waals surface area contributed by atoms with Gasteiger partial charge in [-0.15, -0.1) is 5.10 Å². The van der Waals surface area contributed by atoms with Crippen LogP contribution in [0.3, 0.4) is 0 Å². The highest BCUT2D eigenvalue weighted by Gasteiger charge is 2.13. The number of aromatic amines is 1. The highest BCUT2D eigenvalue weighted by atomic mass is 35.5. The van der Waals surface area contributed by atoms with Crippen LogP contribution >= 0.6 is 23.2 Å². The third kappa shape index (κ3) is 3.45. The Bertz CT molecular complexity index is 589. The second-order valence-electron chi connectivity index (χ2n) is 3.86. The lowest BCUT2D eigenvalue weighted by Crippen LogP contribution is -2.05. The maximum Gasteiger partial charge on any atom is 0.234 e. The van der Waals surface area contributed by atoms with E-state index < -0.39 is 5.82 Å². The van der Waals surface area contributed by atoms with E-state index in [1.807, 2.05) is 13.8 Å². The molecule has 2 heterocycles. The van der Waals surface area contributed by atoms with Gasteiger partial charge >= 0.3 is 0 Å². The van der Waals surface area contributed by atoms with Crippen LogP contribution in [0.25, 0.3) is 0 Å². The first-order valence-corrected chi connectivity index (χ1v) is 6.09. The van der Waals surface area contributed by atoms with E-state index in [4.69, 9.17) is 27.9 Å². The number of anilines is 2. The molecule has 0 saturated heterocycles. The molecule has 6 nitrogen and oxygen atoms in total. The van der Waals surface area contributed by atoms with Crippen molar-refractivity contribution in [3.05, 3.63) is 22.3 Å². The summed E-state index contributed by atoms with van der Waals surface area (Å²) < 4.78 is 19.0. The van der Waals surface area contributed by atoms with E-state index in [2.05, 4.69) is 25.5 Å². The maximum atomic E-state index is 13.6. The molecule has 0 fully saturated rings. The molecule has 19 heavy (non-hydrogen) atoms. The van der Waals surface area contributed by atoms with E-state index in [-0.39, 0.29) is 22.4 Å². The van der Waals surface area contributed by atoms with Crippen molar-refractivity contribution in [2.75, 3.05) is 5.32 Å². The Morgan fingerprint density at radius 2 is 2.11 bits per heavy atom. The minimum atomic E-state index is -0.799. The Labute approximate surface area is 118 Å². The van der Waals surface area contributed by atoms with Crippen LogP contribution in [0.4, 0.5) is 16.0 Å². The normalized spacial score (nSPS) is 10.8. The molecule has 2 aromatic heterocycles. The maximum absolute atomic E-state index is 13.6. The molecule has 9 heteroatoms. The van der Waals surface area contributed by atoms with Crippen molar-refractivity contribution in [2.45, 2.75) is 20.0 Å². The van der Waals surface area contributed by atoms with Gasteiger partial charge in [0.15, 0.2) is 11.0 Å². The summed E-state index contributed by atoms with van der Waals surface area (Å²) in [5.74, 6) is -0.179. The number of hydrogen-bond donors (Lipinski definition) is 2. The van der Waals surface area contributed by atoms with Gasteiger partial charge in [-0.2, -0.15) is 9.37 Å². The van der Waals surface area contributed by atoms with Gasteiger partial charge in [0.05, 0.1) is 6.10 Å². The van der Waals surface area contributed by atoms with Gasteiger partial charge in [-0.1, -0.05) is 11.6 Å². The van der Waals surface area contributed by atoms with Crippen molar-refractivity contribution < 1.29 is 9.13 Å². The average Bonchev–Trinajstić information content (AvgIpc) is 2.71. The lowest BCUT2D eigenvalue weighted by Gasteiger charge is -2.05. The van der Waals surface area contributed by atoms with Gasteiger partial charge in [-0.25, -0.2) is 4.98 Å².